The van der Waals surface area contributed by atoms with Gasteiger partial charge >= 0.3 is 0 Å². The Morgan fingerprint density at radius 3 is 2.48 bits per heavy atom. The molecule has 0 spiro atoms. The molecule has 9 heteroatoms. The Bertz CT molecular complexity index is 1020. The summed E-state index contributed by atoms with van der Waals surface area (Å²) in [5, 5.41) is 8.93. The molecule has 3 aromatic rings. The average Bonchev–Trinajstić information content (AvgIpc) is 3.10. The molecule has 0 aliphatic carbocycles. The molecule has 0 fully saturated rings. The molecule has 0 bridgehead atoms. The van der Waals surface area contributed by atoms with Crippen molar-refractivity contribution in [2.45, 2.75) is 11.3 Å². The SMILES string of the molecule is O=C(NCCc1ccccc1)c1[nH]ncc1NS(=O)(=O)c1ccc(F)cc1. The predicted octanol–water partition coefficient (Wildman–Crippen LogP) is 2.32. The molecule has 0 aliphatic heterocycles. The number of halogens is 1. The number of nitrogens with one attached hydrogen (secondary N) is 3. The van der Waals surface area contributed by atoms with Crippen molar-refractivity contribution >= 4 is 21.6 Å². The maximum Gasteiger partial charge on any atom is 0.271 e. The normalized spacial score (nSPS) is 11.1. The maximum absolute atomic E-state index is 13.0. The van der Waals surface area contributed by atoms with E-state index in [1.807, 2.05) is 30.3 Å². The number of aromatic nitrogens is 2. The third-order valence-electron chi connectivity index (χ3n) is 3.78. The average molecular weight is 388 g/mol. The van der Waals surface area contributed by atoms with Crippen LogP contribution in [-0.4, -0.2) is 31.1 Å². The number of hydrogen-bond acceptors (Lipinski definition) is 4. The van der Waals surface area contributed by atoms with Crippen LogP contribution in [0.3, 0.4) is 0 Å². The first-order valence-corrected chi connectivity index (χ1v) is 9.58. The summed E-state index contributed by atoms with van der Waals surface area (Å²) >= 11 is 0. The van der Waals surface area contributed by atoms with E-state index in [2.05, 4.69) is 20.2 Å². The van der Waals surface area contributed by atoms with Crippen LogP contribution in [0.15, 0.2) is 65.7 Å². The van der Waals surface area contributed by atoms with E-state index in [1.165, 1.54) is 6.20 Å². The van der Waals surface area contributed by atoms with Crippen LogP contribution in [0.2, 0.25) is 0 Å². The minimum Gasteiger partial charge on any atom is -0.350 e. The van der Waals surface area contributed by atoms with Gasteiger partial charge in [0, 0.05) is 6.54 Å². The van der Waals surface area contributed by atoms with E-state index in [1.54, 1.807) is 0 Å². The maximum atomic E-state index is 13.0. The van der Waals surface area contributed by atoms with Gasteiger partial charge < -0.3 is 5.32 Å². The number of anilines is 1. The van der Waals surface area contributed by atoms with Gasteiger partial charge in [0.2, 0.25) is 0 Å². The summed E-state index contributed by atoms with van der Waals surface area (Å²) in [4.78, 5) is 12.2. The van der Waals surface area contributed by atoms with E-state index in [4.69, 9.17) is 0 Å². The largest absolute Gasteiger partial charge is 0.350 e. The number of rotatable bonds is 7. The van der Waals surface area contributed by atoms with Crippen LogP contribution < -0.4 is 10.0 Å². The van der Waals surface area contributed by atoms with Crippen molar-refractivity contribution in [3.8, 4) is 0 Å². The second-order valence-corrected chi connectivity index (χ2v) is 7.39. The number of nitrogens with zero attached hydrogens (tertiary/aromatic N) is 1. The summed E-state index contributed by atoms with van der Waals surface area (Å²) < 4.78 is 40.0. The van der Waals surface area contributed by atoms with E-state index in [0.717, 1.165) is 29.8 Å². The lowest BCUT2D eigenvalue weighted by atomic mass is 10.1. The number of H-pyrrole nitrogens is 1. The second kappa shape index (κ2) is 8.00. The van der Waals surface area contributed by atoms with Gasteiger partial charge in [-0.2, -0.15) is 5.10 Å². The molecule has 3 N–H and O–H groups in total. The standard InChI is InChI=1S/C18H17FN4O3S/c19-14-6-8-15(9-7-14)27(25,26)23-16-12-21-22-17(16)18(24)20-11-10-13-4-2-1-3-5-13/h1-9,12,23H,10-11H2,(H,20,24)(H,21,22). The molecule has 0 aliphatic rings. The first-order chi connectivity index (χ1) is 13.0. The van der Waals surface area contributed by atoms with Crippen molar-refractivity contribution in [1.29, 1.82) is 0 Å². The summed E-state index contributed by atoms with van der Waals surface area (Å²) in [6, 6.07) is 14.0. The molecule has 27 heavy (non-hydrogen) atoms. The van der Waals surface area contributed by atoms with Gasteiger partial charge in [0.15, 0.2) is 0 Å². The number of benzene rings is 2. The summed E-state index contributed by atoms with van der Waals surface area (Å²) in [6.07, 6.45) is 1.84. The quantitative estimate of drug-likeness (QED) is 0.578. The van der Waals surface area contributed by atoms with Crippen LogP contribution in [0.1, 0.15) is 16.1 Å². The lowest BCUT2D eigenvalue weighted by molar-refractivity contribution is 0.0950. The molecule has 3 rings (SSSR count). The van der Waals surface area contributed by atoms with Crippen LogP contribution in [0.25, 0.3) is 0 Å². The third-order valence-corrected chi connectivity index (χ3v) is 5.16. The molecule has 0 saturated heterocycles. The van der Waals surface area contributed by atoms with Crippen LogP contribution in [-0.2, 0) is 16.4 Å². The van der Waals surface area contributed by atoms with E-state index in [9.17, 15) is 17.6 Å². The minimum atomic E-state index is -3.98. The number of hydrogen-bond donors (Lipinski definition) is 3. The van der Waals surface area contributed by atoms with E-state index < -0.39 is 21.7 Å². The molecule has 0 atom stereocenters. The molecule has 2 aromatic carbocycles. The summed E-state index contributed by atoms with van der Waals surface area (Å²) in [7, 11) is -3.98. The van der Waals surface area contributed by atoms with Gasteiger partial charge in [-0.1, -0.05) is 30.3 Å². The summed E-state index contributed by atoms with van der Waals surface area (Å²) in [5.74, 6) is -1.03. The zero-order chi connectivity index (χ0) is 19.3. The Balaban J connectivity index is 1.66. The van der Waals surface area contributed by atoms with Crippen molar-refractivity contribution < 1.29 is 17.6 Å². The van der Waals surface area contributed by atoms with E-state index in [0.29, 0.717) is 13.0 Å². The Morgan fingerprint density at radius 2 is 1.78 bits per heavy atom. The van der Waals surface area contributed by atoms with Gasteiger partial charge in [0.25, 0.3) is 15.9 Å². The summed E-state index contributed by atoms with van der Waals surface area (Å²) in [5.41, 5.74) is 1.07. The fourth-order valence-electron chi connectivity index (χ4n) is 2.41. The second-order valence-electron chi connectivity index (χ2n) is 5.71. The Kier molecular flexibility index (Phi) is 5.51. The molecule has 7 nitrogen and oxygen atoms in total. The molecule has 1 heterocycles. The highest BCUT2D eigenvalue weighted by atomic mass is 32.2. The van der Waals surface area contributed by atoms with Crippen LogP contribution in [0.4, 0.5) is 10.1 Å². The van der Waals surface area contributed by atoms with Gasteiger partial charge in [0.1, 0.15) is 11.5 Å². The molecule has 1 amide bonds. The van der Waals surface area contributed by atoms with Crippen molar-refractivity contribution in [2.24, 2.45) is 0 Å². The number of carbonyl (C=O) groups excluding carboxylic acids is 1. The van der Waals surface area contributed by atoms with Crippen molar-refractivity contribution in [3.63, 3.8) is 0 Å². The first-order valence-electron chi connectivity index (χ1n) is 8.09. The molecular weight excluding hydrogens is 371 g/mol. The van der Waals surface area contributed by atoms with Gasteiger partial charge in [-0.15, -0.1) is 0 Å². The van der Waals surface area contributed by atoms with Crippen molar-refractivity contribution in [2.75, 3.05) is 11.3 Å². The number of sulfonamides is 1. The number of aromatic amines is 1. The topological polar surface area (TPSA) is 104 Å². The zero-order valence-electron chi connectivity index (χ0n) is 14.1. The number of carbonyl (C=O) groups is 1. The van der Waals surface area contributed by atoms with Crippen LogP contribution in [0, 0.1) is 5.82 Å². The van der Waals surface area contributed by atoms with Gasteiger partial charge in [-0.3, -0.25) is 14.6 Å². The minimum absolute atomic E-state index is 0.00579. The first kappa shape index (κ1) is 18.6. The van der Waals surface area contributed by atoms with E-state index >= 15 is 0 Å². The fourth-order valence-corrected chi connectivity index (χ4v) is 3.46. The van der Waals surface area contributed by atoms with Crippen LogP contribution >= 0.6 is 0 Å². The van der Waals surface area contributed by atoms with Crippen LogP contribution in [0.5, 0.6) is 0 Å². The van der Waals surface area contributed by atoms with E-state index in [-0.39, 0.29) is 16.3 Å². The highest BCUT2D eigenvalue weighted by Crippen LogP contribution is 2.18. The monoisotopic (exact) mass is 388 g/mol. The third kappa shape index (κ3) is 4.70. The van der Waals surface area contributed by atoms with Crippen molar-refractivity contribution in [3.05, 3.63) is 77.9 Å². The lowest BCUT2D eigenvalue weighted by Gasteiger charge is -2.09. The lowest BCUT2D eigenvalue weighted by Crippen LogP contribution is -2.27. The molecule has 0 radical (unpaired) electrons. The molecule has 1 aromatic heterocycles. The smallest absolute Gasteiger partial charge is 0.271 e. The van der Waals surface area contributed by atoms with Gasteiger partial charge in [-0.05, 0) is 36.2 Å². The molecule has 0 unspecified atom stereocenters. The highest BCUT2D eigenvalue weighted by Gasteiger charge is 2.20. The Morgan fingerprint density at radius 1 is 1.07 bits per heavy atom. The fraction of sp³-hybridized carbons (Fsp3) is 0.111. The molecule has 140 valence electrons. The molecule has 0 saturated carbocycles. The Labute approximate surface area is 155 Å². The highest BCUT2D eigenvalue weighted by molar-refractivity contribution is 7.92. The zero-order valence-corrected chi connectivity index (χ0v) is 15.0. The Hall–Kier alpha value is -3.20. The molecular formula is C18H17FN4O3S. The van der Waals surface area contributed by atoms with Gasteiger partial charge in [0.05, 0.1) is 16.8 Å². The van der Waals surface area contributed by atoms with Crippen molar-refractivity contribution in [1.82, 2.24) is 15.5 Å². The number of amides is 1. The van der Waals surface area contributed by atoms with Gasteiger partial charge in [-0.25, -0.2) is 12.8 Å². The predicted molar refractivity (Wildman–Crippen MR) is 98.3 cm³/mol. The summed E-state index contributed by atoms with van der Waals surface area (Å²) in [6.45, 7) is 0.381.